The first-order valence-corrected chi connectivity index (χ1v) is 8.14. The first kappa shape index (κ1) is 14.9. The number of hydrogen-bond acceptors (Lipinski definition) is 5. The normalized spacial score (nSPS) is 17.4. The molecule has 2 amide bonds. The van der Waals surface area contributed by atoms with E-state index in [2.05, 4.69) is 20.0 Å². The van der Waals surface area contributed by atoms with Crippen LogP contribution in [0.3, 0.4) is 0 Å². The van der Waals surface area contributed by atoms with E-state index in [0.29, 0.717) is 17.5 Å². The second-order valence-electron chi connectivity index (χ2n) is 5.09. The SMILES string of the molecule is O=C(NCCC1CCCO1)Nc1nc(-c2ccccc2)ns1. The van der Waals surface area contributed by atoms with E-state index in [-0.39, 0.29) is 12.1 Å². The zero-order valence-corrected chi connectivity index (χ0v) is 12.9. The van der Waals surface area contributed by atoms with Crippen molar-refractivity contribution in [2.75, 3.05) is 18.5 Å². The Kier molecular flexibility index (Phi) is 4.97. The lowest BCUT2D eigenvalue weighted by molar-refractivity contribution is 0.105. The molecule has 7 heteroatoms. The number of rotatable bonds is 5. The molecule has 2 heterocycles. The molecule has 2 N–H and O–H groups in total. The van der Waals surface area contributed by atoms with E-state index in [1.807, 2.05) is 30.3 Å². The summed E-state index contributed by atoms with van der Waals surface area (Å²) in [5.41, 5.74) is 0.936. The van der Waals surface area contributed by atoms with Gasteiger partial charge >= 0.3 is 6.03 Å². The van der Waals surface area contributed by atoms with Crippen molar-refractivity contribution >= 4 is 22.7 Å². The molecular formula is C15H18N4O2S. The number of carbonyl (C=O) groups excluding carboxylic acids is 1. The molecule has 22 heavy (non-hydrogen) atoms. The minimum atomic E-state index is -0.256. The smallest absolute Gasteiger partial charge is 0.321 e. The fourth-order valence-electron chi connectivity index (χ4n) is 2.34. The standard InChI is InChI=1S/C15H18N4O2S/c20-14(16-9-8-12-7-4-10-21-12)18-15-17-13(19-22-15)11-5-2-1-3-6-11/h1-3,5-6,12H,4,7-10H2,(H2,16,17,18,19,20). The minimum Gasteiger partial charge on any atom is -0.378 e. The maximum Gasteiger partial charge on any atom is 0.321 e. The highest BCUT2D eigenvalue weighted by Gasteiger charge is 2.15. The van der Waals surface area contributed by atoms with Gasteiger partial charge in [-0.2, -0.15) is 9.36 Å². The summed E-state index contributed by atoms with van der Waals surface area (Å²) < 4.78 is 9.76. The Bertz CT molecular complexity index is 611. The molecule has 116 valence electrons. The third-order valence-corrected chi connectivity index (χ3v) is 4.08. The number of urea groups is 1. The quantitative estimate of drug-likeness (QED) is 0.889. The van der Waals surface area contributed by atoms with Crippen molar-refractivity contribution in [3.8, 4) is 11.4 Å². The summed E-state index contributed by atoms with van der Waals surface area (Å²) in [7, 11) is 0. The summed E-state index contributed by atoms with van der Waals surface area (Å²) >= 11 is 1.17. The molecule has 1 aliphatic heterocycles. The van der Waals surface area contributed by atoms with Gasteiger partial charge in [-0.3, -0.25) is 5.32 Å². The highest BCUT2D eigenvalue weighted by Crippen LogP contribution is 2.20. The Morgan fingerprint density at radius 3 is 3.00 bits per heavy atom. The molecule has 1 aromatic carbocycles. The van der Waals surface area contributed by atoms with Crippen LogP contribution in [0.2, 0.25) is 0 Å². The number of nitrogens with zero attached hydrogens (tertiary/aromatic N) is 2. The van der Waals surface area contributed by atoms with E-state index < -0.39 is 0 Å². The number of aromatic nitrogens is 2. The van der Waals surface area contributed by atoms with Crippen LogP contribution < -0.4 is 10.6 Å². The number of carbonyl (C=O) groups is 1. The molecule has 0 radical (unpaired) electrons. The van der Waals surface area contributed by atoms with Gasteiger partial charge < -0.3 is 10.1 Å². The molecule has 1 aromatic heterocycles. The number of amides is 2. The highest BCUT2D eigenvalue weighted by molar-refractivity contribution is 7.10. The zero-order valence-electron chi connectivity index (χ0n) is 12.1. The maximum absolute atomic E-state index is 11.8. The number of benzene rings is 1. The second-order valence-corrected chi connectivity index (χ2v) is 5.85. The van der Waals surface area contributed by atoms with E-state index in [4.69, 9.17) is 4.74 Å². The van der Waals surface area contributed by atoms with Gasteiger partial charge in [0.1, 0.15) is 0 Å². The summed E-state index contributed by atoms with van der Waals surface area (Å²) in [5, 5.41) is 6.02. The van der Waals surface area contributed by atoms with E-state index in [1.165, 1.54) is 11.5 Å². The predicted molar refractivity (Wildman–Crippen MR) is 86.0 cm³/mol. The lowest BCUT2D eigenvalue weighted by Crippen LogP contribution is -2.31. The molecule has 1 atom stereocenters. The van der Waals surface area contributed by atoms with Gasteiger partial charge in [-0.05, 0) is 19.3 Å². The average Bonchev–Trinajstić information content (AvgIpc) is 3.20. The first-order chi connectivity index (χ1) is 10.8. The number of ether oxygens (including phenoxy) is 1. The fourth-order valence-corrected chi connectivity index (χ4v) is 2.92. The Balaban J connectivity index is 1.46. The fraction of sp³-hybridized carbons (Fsp3) is 0.400. The monoisotopic (exact) mass is 318 g/mol. The molecule has 2 aromatic rings. The van der Waals surface area contributed by atoms with Gasteiger partial charge in [0.15, 0.2) is 5.82 Å². The molecule has 1 fully saturated rings. The van der Waals surface area contributed by atoms with E-state index in [1.54, 1.807) is 0 Å². The molecule has 1 unspecified atom stereocenters. The maximum atomic E-state index is 11.8. The number of nitrogens with one attached hydrogen (secondary N) is 2. The third-order valence-electron chi connectivity index (χ3n) is 3.45. The largest absolute Gasteiger partial charge is 0.378 e. The van der Waals surface area contributed by atoms with Crippen molar-refractivity contribution in [3.05, 3.63) is 30.3 Å². The first-order valence-electron chi connectivity index (χ1n) is 7.37. The van der Waals surface area contributed by atoms with Crippen LogP contribution in [0, 0.1) is 0 Å². The van der Waals surface area contributed by atoms with Crippen molar-refractivity contribution in [3.63, 3.8) is 0 Å². The van der Waals surface area contributed by atoms with Crippen LogP contribution in [0.15, 0.2) is 30.3 Å². The van der Waals surface area contributed by atoms with Crippen molar-refractivity contribution < 1.29 is 9.53 Å². The Morgan fingerprint density at radius 1 is 1.36 bits per heavy atom. The molecule has 0 spiro atoms. The Labute approximate surface area is 133 Å². The lowest BCUT2D eigenvalue weighted by Gasteiger charge is -2.09. The van der Waals surface area contributed by atoms with Crippen LogP contribution in [0.5, 0.6) is 0 Å². The molecule has 1 saturated heterocycles. The average molecular weight is 318 g/mol. The van der Waals surface area contributed by atoms with Gasteiger partial charge in [0.25, 0.3) is 0 Å². The van der Waals surface area contributed by atoms with E-state index in [9.17, 15) is 4.79 Å². The molecule has 1 aliphatic rings. The molecule has 0 saturated carbocycles. The van der Waals surface area contributed by atoms with E-state index >= 15 is 0 Å². The molecule has 0 bridgehead atoms. The third kappa shape index (κ3) is 4.02. The number of anilines is 1. The van der Waals surface area contributed by atoms with Gasteiger partial charge in [0.05, 0.1) is 6.10 Å². The van der Waals surface area contributed by atoms with E-state index in [0.717, 1.165) is 31.4 Å². The van der Waals surface area contributed by atoms with Gasteiger partial charge in [-0.25, -0.2) is 4.79 Å². The van der Waals surface area contributed by atoms with Gasteiger partial charge in [-0.15, -0.1) is 0 Å². The van der Waals surface area contributed by atoms with Gasteiger partial charge in [0.2, 0.25) is 5.13 Å². The van der Waals surface area contributed by atoms with Crippen LogP contribution in [-0.2, 0) is 4.74 Å². The van der Waals surface area contributed by atoms with Crippen molar-refractivity contribution in [2.45, 2.75) is 25.4 Å². The summed E-state index contributed by atoms with van der Waals surface area (Å²) in [5.74, 6) is 0.625. The Hall–Kier alpha value is -1.99. The van der Waals surface area contributed by atoms with Crippen LogP contribution in [0.25, 0.3) is 11.4 Å². The molecular weight excluding hydrogens is 300 g/mol. The van der Waals surface area contributed by atoms with Crippen molar-refractivity contribution in [2.24, 2.45) is 0 Å². The number of hydrogen-bond donors (Lipinski definition) is 2. The van der Waals surface area contributed by atoms with Gasteiger partial charge in [0, 0.05) is 30.2 Å². The van der Waals surface area contributed by atoms with Crippen LogP contribution >= 0.6 is 11.5 Å². The van der Waals surface area contributed by atoms with Crippen LogP contribution in [0.1, 0.15) is 19.3 Å². The van der Waals surface area contributed by atoms with Crippen LogP contribution in [0.4, 0.5) is 9.93 Å². The van der Waals surface area contributed by atoms with Crippen molar-refractivity contribution in [1.29, 1.82) is 0 Å². The highest BCUT2D eigenvalue weighted by atomic mass is 32.1. The Morgan fingerprint density at radius 2 is 2.23 bits per heavy atom. The summed E-state index contributed by atoms with van der Waals surface area (Å²) in [4.78, 5) is 16.1. The summed E-state index contributed by atoms with van der Waals surface area (Å²) in [6, 6.07) is 9.42. The summed E-state index contributed by atoms with van der Waals surface area (Å²) in [6.45, 7) is 1.44. The molecule has 0 aliphatic carbocycles. The second kappa shape index (κ2) is 7.33. The minimum absolute atomic E-state index is 0.256. The molecule has 6 nitrogen and oxygen atoms in total. The topological polar surface area (TPSA) is 76.1 Å². The predicted octanol–water partition coefficient (Wildman–Crippen LogP) is 2.90. The molecule has 3 rings (SSSR count). The van der Waals surface area contributed by atoms with Gasteiger partial charge in [-0.1, -0.05) is 30.3 Å². The van der Waals surface area contributed by atoms with Crippen LogP contribution in [-0.4, -0.2) is 34.6 Å². The van der Waals surface area contributed by atoms with Crippen molar-refractivity contribution in [1.82, 2.24) is 14.7 Å². The zero-order chi connectivity index (χ0) is 15.2. The lowest BCUT2D eigenvalue weighted by atomic mass is 10.2. The summed E-state index contributed by atoms with van der Waals surface area (Å²) in [6.07, 6.45) is 3.33.